The van der Waals surface area contributed by atoms with Crippen molar-refractivity contribution in [2.45, 2.75) is 19.4 Å². The van der Waals surface area contributed by atoms with Crippen LogP contribution >= 0.6 is 11.3 Å². The number of aromatic nitrogens is 2. The molecule has 7 heteroatoms. The highest BCUT2D eigenvalue weighted by Gasteiger charge is 2.17. The van der Waals surface area contributed by atoms with Gasteiger partial charge in [0.05, 0.1) is 11.8 Å². The van der Waals surface area contributed by atoms with Gasteiger partial charge < -0.3 is 0 Å². The predicted molar refractivity (Wildman–Crippen MR) is 76.8 cm³/mol. The van der Waals surface area contributed by atoms with Crippen molar-refractivity contribution >= 4 is 21.4 Å². The zero-order valence-corrected chi connectivity index (χ0v) is 12.3. The second-order valence-corrected chi connectivity index (χ2v) is 6.93. The average molecular weight is 299 g/mol. The first kappa shape index (κ1) is 14.2. The fourth-order valence-electron chi connectivity index (χ4n) is 1.84. The average Bonchev–Trinajstić information content (AvgIpc) is 3.01. The lowest BCUT2D eigenvalue weighted by Gasteiger charge is -2.17. The SMILES string of the molecule is CCCS(=O)(=O)NC[C@H](c1ccsc1)n1cccn1. The lowest BCUT2D eigenvalue weighted by Crippen LogP contribution is -2.32. The summed E-state index contributed by atoms with van der Waals surface area (Å²) in [5.74, 6) is 0.155. The van der Waals surface area contributed by atoms with Crippen LogP contribution in [-0.2, 0) is 10.0 Å². The molecule has 0 fully saturated rings. The number of rotatable bonds is 7. The summed E-state index contributed by atoms with van der Waals surface area (Å²) in [5.41, 5.74) is 1.06. The van der Waals surface area contributed by atoms with Gasteiger partial charge in [-0.25, -0.2) is 13.1 Å². The molecule has 2 aromatic rings. The zero-order chi connectivity index (χ0) is 13.7. The number of thiophene rings is 1. The van der Waals surface area contributed by atoms with Crippen molar-refractivity contribution in [2.75, 3.05) is 12.3 Å². The molecule has 0 aliphatic heterocycles. The first-order valence-corrected chi connectivity index (χ1v) is 8.70. The van der Waals surface area contributed by atoms with Crippen LogP contribution in [0.1, 0.15) is 24.9 Å². The molecule has 0 aliphatic carbocycles. The number of hydrogen-bond acceptors (Lipinski definition) is 4. The van der Waals surface area contributed by atoms with Gasteiger partial charge in [-0.05, 0) is 34.9 Å². The van der Waals surface area contributed by atoms with Gasteiger partial charge >= 0.3 is 0 Å². The fraction of sp³-hybridized carbons (Fsp3) is 0.417. The third kappa shape index (κ3) is 3.89. The highest BCUT2D eigenvalue weighted by atomic mass is 32.2. The highest BCUT2D eigenvalue weighted by molar-refractivity contribution is 7.89. The van der Waals surface area contributed by atoms with Crippen molar-refractivity contribution in [1.82, 2.24) is 14.5 Å². The van der Waals surface area contributed by atoms with Crippen LogP contribution in [0.5, 0.6) is 0 Å². The topological polar surface area (TPSA) is 64.0 Å². The van der Waals surface area contributed by atoms with Gasteiger partial charge in [-0.3, -0.25) is 4.68 Å². The van der Waals surface area contributed by atoms with Gasteiger partial charge in [0.2, 0.25) is 10.0 Å². The molecule has 1 N–H and O–H groups in total. The van der Waals surface area contributed by atoms with Gasteiger partial charge in [-0.2, -0.15) is 16.4 Å². The van der Waals surface area contributed by atoms with Crippen LogP contribution in [0.3, 0.4) is 0 Å². The van der Waals surface area contributed by atoms with E-state index in [1.54, 1.807) is 22.2 Å². The summed E-state index contributed by atoms with van der Waals surface area (Å²) >= 11 is 1.59. The van der Waals surface area contributed by atoms with Crippen molar-refractivity contribution in [2.24, 2.45) is 0 Å². The maximum Gasteiger partial charge on any atom is 0.211 e. The number of sulfonamides is 1. The third-order valence-electron chi connectivity index (χ3n) is 2.74. The molecule has 0 aromatic carbocycles. The molecule has 2 aromatic heterocycles. The van der Waals surface area contributed by atoms with E-state index in [9.17, 15) is 8.42 Å². The van der Waals surface area contributed by atoms with Crippen LogP contribution in [0.15, 0.2) is 35.3 Å². The normalized spacial score (nSPS) is 13.5. The first-order valence-electron chi connectivity index (χ1n) is 6.11. The lowest BCUT2D eigenvalue weighted by molar-refractivity contribution is 0.506. The van der Waals surface area contributed by atoms with Crippen LogP contribution < -0.4 is 4.72 Å². The van der Waals surface area contributed by atoms with E-state index in [0.717, 1.165) is 5.56 Å². The fourth-order valence-corrected chi connectivity index (χ4v) is 3.64. The minimum Gasteiger partial charge on any atom is -0.264 e. The summed E-state index contributed by atoms with van der Waals surface area (Å²) < 4.78 is 27.9. The lowest BCUT2D eigenvalue weighted by atomic mass is 10.1. The van der Waals surface area contributed by atoms with Gasteiger partial charge in [0.1, 0.15) is 0 Å². The van der Waals surface area contributed by atoms with E-state index in [1.165, 1.54) is 0 Å². The highest BCUT2D eigenvalue weighted by Crippen LogP contribution is 2.19. The van der Waals surface area contributed by atoms with Crippen LogP contribution in [-0.4, -0.2) is 30.5 Å². The monoisotopic (exact) mass is 299 g/mol. The quantitative estimate of drug-likeness (QED) is 0.849. The van der Waals surface area contributed by atoms with Crippen LogP contribution in [0.4, 0.5) is 0 Å². The van der Waals surface area contributed by atoms with E-state index in [1.807, 2.05) is 36.0 Å². The Bertz CT molecular complexity index is 542. The van der Waals surface area contributed by atoms with E-state index < -0.39 is 10.0 Å². The maximum absolute atomic E-state index is 11.7. The molecule has 2 heterocycles. The van der Waals surface area contributed by atoms with E-state index in [2.05, 4.69) is 9.82 Å². The molecular weight excluding hydrogens is 282 g/mol. The second-order valence-electron chi connectivity index (χ2n) is 4.23. The number of nitrogens with zero attached hydrogens (tertiary/aromatic N) is 2. The van der Waals surface area contributed by atoms with E-state index >= 15 is 0 Å². The van der Waals surface area contributed by atoms with Crippen molar-refractivity contribution in [3.05, 3.63) is 40.8 Å². The van der Waals surface area contributed by atoms with Crippen LogP contribution in [0.25, 0.3) is 0 Å². The molecule has 0 spiro atoms. The molecule has 104 valence electrons. The summed E-state index contributed by atoms with van der Waals surface area (Å²) in [6.07, 6.45) is 4.15. The van der Waals surface area contributed by atoms with Gasteiger partial charge in [0.15, 0.2) is 0 Å². The molecule has 0 aliphatic rings. The molecule has 1 atom stereocenters. The largest absolute Gasteiger partial charge is 0.264 e. The van der Waals surface area contributed by atoms with E-state index in [0.29, 0.717) is 13.0 Å². The zero-order valence-electron chi connectivity index (χ0n) is 10.7. The van der Waals surface area contributed by atoms with Crippen molar-refractivity contribution in [3.63, 3.8) is 0 Å². The van der Waals surface area contributed by atoms with Crippen molar-refractivity contribution in [1.29, 1.82) is 0 Å². The minimum absolute atomic E-state index is 0.104. The summed E-state index contributed by atoms with van der Waals surface area (Å²) in [4.78, 5) is 0. The molecule has 0 saturated carbocycles. The summed E-state index contributed by atoms with van der Waals surface area (Å²) in [5, 5.41) is 8.20. The molecule has 0 amide bonds. The molecule has 0 unspecified atom stereocenters. The Hall–Kier alpha value is -1.18. The van der Waals surface area contributed by atoms with Crippen molar-refractivity contribution < 1.29 is 8.42 Å². The minimum atomic E-state index is -3.20. The Kier molecular flexibility index (Phi) is 4.73. The molecule has 19 heavy (non-hydrogen) atoms. The number of nitrogens with one attached hydrogen (secondary N) is 1. The van der Waals surface area contributed by atoms with E-state index in [4.69, 9.17) is 0 Å². The smallest absolute Gasteiger partial charge is 0.211 e. The Balaban J connectivity index is 2.12. The number of hydrogen-bond donors (Lipinski definition) is 1. The van der Waals surface area contributed by atoms with Gasteiger partial charge in [0, 0.05) is 18.9 Å². The summed E-state index contributed by atoms with van der Waals surface area (Å²) in [7, 11) is -3.20. The molecular formula is C12H17N3O2S2. The third-order valence-corrected chi connectivity index (χ3v) is 5.00. The molecule has 5 nitrogen and oxygen atoms in total. The second kappa shape index (κ2) is 6.31. The molecule has 0 bridgehead atoms. The Morgan fingerprint density at radius 3 is 2.95 bits per heavy atom. The molecule has 0 radical (unpaired) electrons. The molecule has 2 rings (SSSR count). The summed E-state index contributed by atoms with van der Waals surface area (Å²) in [6.45, 7) is 2.17. The Morgan fingerprint density at radius 1 is 1.53 bits per heavy atom. The maximum atomic E-state index is 11.7. The predicted octanol–water partition coefficient (Wildman–Crippen LogP) is 1.86. The molecule has 0 saturated heterocycles. The Labute approximate surface area is 117 Å². The van der Waals surface area contributed by atoms with Crippen molar-refractivity contribution in [3.8, 4) is 0 Å². The van der Waals surface area contributed by atoms with Crippen LogP contribution in [0, 0.1) is 0 Å². The van der Waals surface area contributed by atoms with E-state index in [-0.39, 0.29) is 11.8 Å². The standard InChI is InChI=1S/C12H17N3O2S2/c1-2-8-19(16,17)14-9-12(11-4-7-18-10-11)15-6-3-5-13-15/h3-7,10,12,14H,2,8-9H2,1H3/t12-/m1/s1. The summed E-state index contributed by atoms with van der Waals surface area (Å²) in [6, 6.07) is 3.72. The van der Waals surface area contributed by atoms with Crippen LogP contribution in [0.2, 0.25) is 0 Å². The first-order chi connectivity index (χ1) is 9.12. The van der Waals surface area contributed by atoms with Gasteiger partial charge in [0.25, 0.3) is 0 Å². The van der Waals surface area contributed by atoms with Gasteiger partial charge in [-0.1, -0.05) is 6.92 Å². The Morgan fingerprint density at radius 2 is 2.37 bits per heavy atom. The van der Waals surface area contributed by atoms with Gasteiger partial charge in [-0.15, -0.1) is 0 Å².